The largest absolute Gasteiger partial charge is 0.481 e. The summed E-state index contributed by atoms with van der Waals surface area (Å²) in [5.74, 6) is 0.00230. The second kappa shape index (κ2) is 4.44. The molecule has 1 heterocycles. The summed E-state index contributed by atoms with van der Waals surface area (Å²) in [5.41, 5.74) is -0.814. The van der Waals surface area contributed by atoms with E-state index in [2.05, 4.69) is 15.9 Å². The molecule has 0 radical (unpaired) electrons. The van der Waals surface area contributed by atoms with E-state index in [9.17, 15) is 9.90 Å². The number of hydrogen-bond donors (Lipinski definition) is 2. The van der Waals surface area contributed by atoms with Gasteiger partial charge in [0.1, 0.15) is 0 Å². The Morgan fingerprint density at radius 2 is 2.11 bits per heavy atom. The number of rotatable bonds is 3. The Labute approximate surface area is 112 Å². The van der Waals surface area contributed by atoms with Crippen LogP contribution in [0, 0.1) is 5.41 Å². The second-order valence-corrected chi connectivity index (χ2v) is 5.52. The van der Waals surface area contributed by atoms with Gasteiger partial charge in [-0.25, -0.2) is 0 Å². The van der Waals surface area contributed by atoms with Crippen LogP contribution in [0.4, 0.5) is 0 Å². The molecule has 0 aliphatic carbocycles. The Kier molecular flexibility index (Phi) is 3.25. The summed E-state index contributed by atoms with van der Waals surface area (Å²) in [6.07, 6.45) is -1.14. The summed E-state index contributed by atoms with van der Waals surface area (Å²) in [5, 5.41) is 19.3. The molecule has 1 unspecified atom stereocenters. The fraction of sp³-hybridized carbons (Fsp3) is 0.417. The lowest BCUT2D eigenvalue weighted by atomic mass is 9.83. The van der Waals surface area contributed by atoms with Crippen LogP contribution >= 0.6 is 15.9 Å². The standard InChI is InChI=1S/C12H13BrO5/c1-12(2,11(15)16)10(14)6-3-7(13)9-8(4-6)17-5-18-9/h3-4,10,14H,5H2,1-2H3,(H,15,16). The molecule has 1 aromatic carbocycles. The van der Waals surface area contributed by atoms with Crippen molar-refractivity contribution in [3.63, 3.8) is 0 Å². The van der Waals surface area contributed by atoms with Crippen molar-refractivity contribution >= 4 is 21.9 Å². The van der Waals surface area contributed by atoms with Gasteiger partial charge in [0.05, 0.1) is 16.0 Å². The lowest BCUT2D eigenvalue weighted by Crippen LogP contribution is -2.31. The number of carboxylic acids is 1. The summed E-state index contributed by atoms with van der Waals surface area (Å²) >= 11 is 3.31. The maximum Gasteiger partial charge on any atom is 0.312 e. The fourth-order valence-corrected chi connectivity index (χ4v) is 2.25. The Bertz CT molecular complexity index is 497. The highest BCUT2D eigenvalue weighted by molar-refractivity contribution is 9.10. The number of fused-ring (bicyclic) bond motifs is 1. The maximum atomic E-state index is 11.1. The topological polar surface area (TPSA) is 76.0 Å². The van der Waals surface area contributed by atoms with Crippen molar-refractivity contribution in [3.8, 4) is 11.5 Å². The average Bonchev–Trinajstić information content (AvgIpc) is 2.76. The Balaban J connectivity index is 2.41. The highest BCUT2D eigenvalue weighted by Crippen LogP contribution is 2.44. The van der Waals surface area contributed by atoms with Crippen molar-refractivity contribution in [1.29, 1.82) is 0 Å². The number of aliphatic carboxylic acids is 1. The molecule has 5 nitrogen and oxygen atoms in total. The first kappa shape index (κ1) is 13.2. The molecule has 0 amide bonds. The van der Waals surface area contributed by atoms with Gasteiger partial charge in [-0.1, -0.05) is 0 Å². The fourth-order valence-electron chi connectivity index (χ4n) is 1.68. The molecule has 0 fully saturated rings. The van der Waals surface area contributed by atoms with Crippen molar-refractivity contribution < 1.29 is 24.5 Å². The average molecular weight is 317 g/mol. The SMILES string of the molecule is CC(C)(C(=O)O)C(O)c1cc(Br)c2c(c1)OCO2. The van der Waals surface area contributed by atoms with Crippen molar-refractivity contribution in [3.05, 3.63) is 22.2 Å². The molecule has 2 N–H and O–H groups in total. The minimum absolute atomic E-state index is 0.121. The second-order valence-electron chi connectivity index (χ2n) is 4.67. The van der Waals surface area contributed by atoms with Gasteiger partial charge >= 0.3 is 5.97 Å². The monoisotopic (exact) mass is 316 g/mol. The van der Waals surface area contributed by atoms with Gasteiger partial charge in [-0.2, -0.15) is 0 Å². The number of carboxylic acid groups (broad SMARTS) is 1. The van der Waals surface area contributed by atoms with Crippen LogP contribution in [0.2, 0.25) is 0 Å². The molecule has 0 aromatic heterocycles. The van der Waals surface area contributed by atoms with E-state index in [1.54, 1.807) is 12.1 Å². The van der Waals surface area contributed by atoms with Crippen molar-refractivity contribution in [2.24, 2.45) is 5.41 Å². The third kappa shape index (κ3) is 2.06. The van der Waals surface area contributed by atoms with Gasteiger partial charge in [0.25, 0.3) is 0 Å². The van der Waals surface area contributed by atoms with Crippen molar-refractivity contribution in [2.75, 3.05) is 6.79 Å². The summed E-state index contributed by atoms with van der Waals surface area (Å²) in [4.78, 5) is 11.1. The molecule has 0 saturated heterocycles. The first-order valence-corrected chi connectivity index (χ1v) is 6.14. The zero-order valence-electron chi connectivity index (χ0n) is 9.94. The summed E-state index contributed by atoms with van der Waals surface area (Å²) in [6, 6.07) is 3.24. The molecule has 0 spiro atoms. The minimum Gasteiger partial charge on any atom is -0.481 e. The van der Waals surface area contributed by atoms with Crippen LogP contribution in [0.3, 0.4) is 0 Å². The Morgan fingerprint density at radius 3 is 2.72 bits per heavy atom. The van der Waals surface area contributed by atoms with Gasteiger partial charge in [-0.3, -0.25) is 4.79 Å². The predicted octanol–water partition coefficient (Wildman–Crippen LogP) is 2.32. The molecule has 6 heteroatoms. The van der Waals surface area contributed by atoms with E-state index in [0.29, 0.717) is 21.5 Å². The van der Waals surface area contributed by atoms with Gasteiger partial charge < -0.3 is 19.7 Å². The highest BCUT2D eigenvalue weighted by atomic mass is 79.9. The van der Waals surface area contributed by atoms with Crippen LogP contribution < -0.4 is 9.47 Å². The van der Waals surface area contributed by atoms with Crippen LogP contribution in [0.1, 0.15) is 25.5 Å². The first-order valence-electron chi connectivity index (χ1n) is 5.34. The molecule has 2 rings (SSSR count). The molecule has 1 aromatic rings. The first-order chi connectivity index (χ1) is 8.34. The van der Waals surface area contributed by atoms with E-state index >= 15 is 0 Å². The summed E-state index contributed by atoms with van der Waals surface area (Å²) in [6.45, 7) is 3.06. The molecule has 98 valence electrons. The zero-order valence-corrected chi connectivity index (χ0v) is 11.5. The third-order valence-electron chi connectivity index (χ3n) is 3.00. The number of halogens is 1. The van der Waals surface area contributed by atoms with E-state index in [0.717, 1.165) is 0 Å². The molecular weight excluding hydrogens is 304 g/mol. The molecular formula is C12H13BrO5. The molecule has 18 heavy (non-hydrogen) atoms. The van der Waals surface area contributed by atoms with E-state index in [1.165, 1.54) is 13.8 Å². The quantitative estimate of drug-likeness (QED) is 0.895. The van der Waals surface area contributed by atoms with Crippen LogP contribution in [0.15, 0.2) is 16.6 Å². The number of carbonyl (C=O) groups is 1. The smallest absolute Gasteiger partial charge is 0.312 e. The van der Waals surface area contributed by atoms with E-state index in [1.807, 2.05) is 0 Å². The molecule has 1 aliphatic heterocycles. The van der Waals surface area contributed by atoms with Crippen LogP contribution in [0.25, 0.3) is 0 Å². The predicted molar refractivity (Wildman–Crippen MR) is 66.6 cm³/mol. The van der Waals surface area contributed by atoms with E-state index in [-0.39, 0.29) is 6.79 Å². The highest BCUT2D eigenvalue weighted by Gasteiger charge is 2.37. The summed E-state index contributed by atoms with van der Waals surface area (Å²) in [7, 11) is 0. The van der Waals surface area contributed by atoms with Crippen LogP contribution in [-0.2, 0) is 4.79 Å². The lowest BCUT2D eigenvalue weighted by Gasteiger charge is -2.26. The molecule has 1 atom stereocenters. The van der Waals surface area contributed by atoms with Gasteiger partial charge in [0.2, 0.25) is 6.79 Å². The third-order valence-corrected chi connectivity index (χ3v) is 3.59. The summed E-state index contributed by atoms with van der Waals surface area (Å²) < 4.78 is 11.1. The normalized spacial score (nSPS) is 15.6. The van der Waals surface area contributed by atoms with Crippen LogP contribution in [0.5, 0.6) is 11.5 Å². The van der Waals surface area contributed by atoms with E-state index in [4.69, 9.17) is 14.6 Å². The van der Waals surface area contributed by atoms with Gasteiger partial charge in [0.15, 0.2) is 11.5 Å². The number of benzene rings is 1. The molecule has 1 aliphatic rings. The van der Waals surface area contributed by atoms with Gasteiger partial charge in [0, 0.05) is 0 Å². The lowest BCUT2D eigenvalue weighted by molar-refractivity contribution is -0.153. The Hall–Kier alpha value is -1.27. The van der Waals surface area contributed by atoms with Gasteiger partial charge in [-0.15, -0.1) is 0 Å². The number of aliphatic hydroxyl groups excluding tert-OH is 1. The number of aliphatic hydroxyl groups is 1. The zero-order chi connectivity index (χ0) is 13.5. The van der Waals surface area contributed by atoms with Gasteiger partial charge in [-0.05, 0) is 47.5 Å². The van der Waals surface area contributed by atoms with Crippen molar-refractivity contribution in [1.82, 2.24) is 0 Å². The molecule has 0 saturated carbocycles. The number of ether oxygens (including phenoxy) is 2. The maximum absolute atomic E-state index is 11.1. The van der Waals surface area contributed by atoms with Crippen molar-refractivity contribution in [2.45, 2.75) is 20.0 Å². The number of hydrogen-bond acceptors (Lipinski definition) is 4. The minimum atomic E-state index is -1.28. The van der Waals surface area contributed by atoms with Crippen LogP contribution in [-0.4, -0.2) is 23.0 Å². The molecule has 0 bridgehead atoms. The van der Waals surface area contributed by atoms with E-state index < -0.39 is 17.5 Å². The Morgan fingerprint density at radius 1 is 1.44 bits per heavy atom.